The lowest BCUT2D eigenvalue weighted by Gasteiger charge is -2.49. The maximum Gasteiger partial charge on any atom is -0.0146 e. The molecule has 0 aromatic heterocycles. The van der Waals surface area contributed by atoms with Crippen molar-refractivity contribution in [3.8, 4) is 0 Å². The van der Waals surface area contributed by atoms with Gasteiger partial charge >= 0.3 is 0 Å². The molecule has 3 aliphatic rings. The van der Waals surface area contributed by atoms with Crippen LogP contribution < -0.4 is 0 Å². The number of rotatable bonds is 2. The minimum Gasteiger partial charge on any atom is -0.0848 e. The molecule has 0 radical (unpaired) electrons. The second-order valence-corrected chi connectivity index (χ2v) is 8.03. The summed E-state index contributed by atoms with van der Waals surface area (Å²) < 4.78 is 0. The van der Waals surface area contributed by atoms with Crippen molar-refractivity contribution in [1.29, 1.82) is 0 Å². The second-order valence-electron chi connectivity index (χ2n) is 8.03. The van der Waals surface area contributed by atoms with Crippen molar-refractivity contribution in [1.82, 2.24) is 0 Å². The summed E-state index contributed by atoms with van der Waals surface area (Å²) in [6.45, 7) is 7.36. The van der Waals surface area contributed by atoms with Crippen molar-refractivity contribution in [3.05, 3.63) is 11.6 Å². The van der Waals surface area contributed by atoms with E-state index in [4.69, 9.17) is 0 Å². The van der Waals surface area contributed by atoms with Crippen LogP contribution in [-0.4, -0.2) is 0 Å². The van der Waals surface area contributed by atoms with Gasteiger partial charge in [0, 0.05) is 0 Å². The standard InChI is InChI=1S/C19H32/c1-4-16-11-15-9-14(3)10-18(12-15)19(16)17-7-5-13(2)6-8-17/h7,13-16,18-19H,4-6,8-12H2,1-3H3. The van der Waals surface area contributed by atoms with E-state index in [2.05, 4.69) is 26.8 Å². The molecule has 2 saturated carbocycles. The molecular formula is C19H32. The fourth-order valence-electron chi connectivity index (χ4n) is 5.56. The average molecular weight is 260 g/mol. The van der Waals surface area contributed by atoms with E-state index in [1.807, 2.05) is 5.57 Å². The normalized spacial score (nSPS) is 46.8. The number of fused-ring (bicyclic) bond motifs is 2. The molecule has 3 aliphatic carbocycles. The first-order valence-electron chi connectivity index (χ1n) is 8.86. The van der Waals surface area contributed by atoms with E-state index < -0.39 is 0 Å². The Morgan fingerprint density at radius 1 is 1.05 bits per heavy atom. The third-order valence-electron chi connectivity index (χ3n) is 6.39. The molecule has 108 valence electrons. The molecule has 0 N–H and O–H groups in total. The zero-order chi connectivity index (χ0) is 13.4. The van der Waals surface area contributed by atoms with Gasteiger partial charge in [-0.25, -0.2) is 0 Å². The molecule has 6 unspecified atom stereocenters. The molecule has 0 nitrogen and oxygen atoms in total. The van der Waals surface area contributed by atoms with E-state index in [1.54, 1.807) is 6.42 Å². The Bertz CT molecular complexity index is 338. The lowest BCUT2D eigenvalue weighted by Crippen LogP contribution is -2.39. The third-order valence-corrected chi connectivity index (χ3v) is 6.39. The summed E-state index contributed by atoms with van der Waals surface area (Å²) in [7, 11) is 0. The van der Waals surface area contributed by atoms with Crippen LogP contribution in [0.5, 0.6) is 0 Å². The lowest BCUT2D eigenvalue weighted by molar-refractivity contribution is 0.0528. The summed E-state index contributed by atoms with van der Waals surface area (Å²) in [6, 6.07) is 0. The van der Waals surface area contributed by atoms with Crippen molar-refractivity contribution < 1.29 is 0 Å². The van der Waals surface area contributed by atoms with Gasteiger partial charge in [-0.2, -0.15) is 0 Å². The van der Waals surface area contributed by atoms with Crippen LogP contribution in [0.25, 0.3) is 0 Å². The number of hydrogen-bond acceptors (Lipinski definition) is 0. The van der Waals surface area contributed by atoms with E-state index in [0.29, 0.717) is 0 Å². The molecule has 0 heteroatoms. The van der Waals surface area contributed by atoms with E-state index in [9.17, 15) is 0 Å². The molecule has 0 spiro atoms. The summed E-state index contributed by atoms with van der Waals surface area (Å²) in [5.41, 5.74) is 1.88. The predicted octanol–water partition coefficient (Wildman–Crippen LogP) is 5.83. The van der Waals surface area contributed by atoms with Gasteiger partial charge in [-0.15, -0.1) is 0 Å². The maximum atomic E-state index is 2.65. The number of allylic oxidation sites excluding steroid dienone is 2. The minimum atomic E-state index is 0.936. The SMILES string of the molecule is CCC1CC2CC(C)CC(C2)C1C1=CCC(C)CC1. The molecule has 2 bridgehead atoms. The molecule has 0 saturated heterocycles. The summed E-state index contributed by atoms with van der Waals surface area (Å²) >= 11 is 0. The fourth-order valence-corrected chi connectivity index (χ4v) is 5.56. The summed E-state index contributed by atoms with van der Waals surface area (Å²) in [5.74, 6) is 6.01. The van der Waals surface area contributed by atoms with Crippen molar-refractivity contribution >= 4 is 0 Å². The van der Waals surface area contributed by atoms with Crippen LogP contribution in [0, 0.1) is 35.5 Å². The summed E-state index contributed by atoms with van der Waals surface area (Å²) in [4.78, 5) is 0. The van der Waals surface area contributed by atoms with Gasteiger partial charge < -0.3 is 0 Å². The molecule has 3 rings (SSSR count). The Kier molecular flexibility index (Phi) is 4.06. The van der Waals surface area contributed by atoms with Crippen LogP contribution in [0.15, 0.2) is 11.6 Å². The molecule has 0 aromatic carbocycles. The van der Waals surface area contributed by atoms with Crippen LogP contribution in [-0.2, 0) is 0 Å². The maximum absolute atomic E-state index is 2.65. The van der Waals surface area contributed by atoms with Crippen LogP contribution in [0.4, 0.5) is 0 Å². The Hall–Kier alpha value is -0.260. The summed E-state index contributed by atoms with van der Waals surface area (Å²) in [6.07, 6.45) is 14.4. The molecule has 0 aliphatic heterocycles. The predicted molar refractivity (Wildman–Crippen MR) is 83.0 cm³/mol. The Morgan fingerprint density at radius 2 is 1.89 bits per heavy atom. The third kappa shape index (κ3) is 2.78. The zero-order valence-corrected chi connectivity index (χ0v) is 13.2. The zero-order valence-electron chi connectivity index (χ0n) is 13.2. The van der Waals surface area contributed by atoms with Crippen molar-refractivity contribution in [2.24, 2.45) is 35.5 Å². The van der Waals surface area contributed by atoms with Crippen molar-refractivity contribution in [2.75, 3.05) is 0 Å². The van der Waals surface area contributed by atoms with Gasteiger partial charge in [-0.3, -0.25) is 0 Å². The molecule has 19 heavy (non-hydrogen) atoms. The molecule has 0 aromatic rings. The van der Waals surface area contributed by atoms with Crippen LogP contribution in [0.2, 0.25) is 0 Å². The van der Waals surface area contributed by atoms with Gasteiger partial charge in [0.05, 0.1) is 0 Å². The van der Waals surface area contributed by atoms with E-state index >= 15 is 0 Å². The molecule has 0 amide bonds. The Labute approximate surface area is 120 Å². The van der Waals surface area contributed by atoms with Gasteiger partial charge in [0.15, 0.2) is 0 Å². The van der Waals surface area contributed by atoms with Crippen LogP contribution in [0.1, 0.15) is 72.1 Å². The second kappa shape index (κ2) is 5.62. The number of hydrogen-bond donors (Lipinski definition) is 0. The van der Waals surface area contributed by atoms with Crippen molar-refractivity contribution in [2.45, 2.75) is 72.1 Å². The fraction of sp³-hybridized carbons (Fsp3) is 0.895. The monoisotopic (exact) mass is 260 g/mol. The van der Waals surface area contributed by atoms with Gasteiger partial charge in [0.2, 0.25) is 0 Å². The van der Waals surface area contributed by atoms with Gasteiger partial charge in [-0.1, -0.05) is 38.8 Å². The van der Waals surface area contributed by atoms with Gasteiger partial charge in [0.25, 0.3) is 0 Å². The highest BCUT2D eigenvalue weighted by atomic mass is 14.5. The highest BCUT2D eigenvalue weighted by Crippen LogP contribution is 2.52. The first-order chi connectivity index (χ1) is 9.17. The molecular weight excluding hydrogens is 228 g/mol. The van der Waals surface area contributed by atoms with Gasteiger partial charge in [-0.05, 0) is 80.5 Å². The van der Waals surface area contributed by atoms with Crippen molar-refractivity contribution in [3.63, 3.8) is 0 Å². The van der Waals surface area contributed by atoms with E-state index in [-0.39, 0.29) is 0 Å². The van der Waals surface area contributed by atoms with E-state index in [1.165, 1.54) is 44.9 Å². The Balaban J connectivity index is 1.80. The minimum absolute atomic E-state index is 0.936. The van der Waals surface area contributed by atoms with Crippen LogP contribution >= 0.6 is 0 Å². The smallest absolute Gasteiger partial charge is 0.0146 e. The first-order valence-corrected chi connectivity index (χ1v) is 8.86. The largest absolute Gasteiger partial charge is 0.0848 e. The van der Waals surface area contributed by atoms with E-state index in [0.717, 1.165) is 35.5 Å². The molecule has 2 fully saturated rings. The lowest BCUT2D eigenvalue weighted by atomic mass is 9.56. The highest BCUT2D eigenvalue weighted by Gasteiger charge is 2.42. The summed E-state index contributed by atoms with van der Waals surface area (Å²) in [5, 5.41) is 0. The van der Waals surface area contributed by atoms with Crippen LogP contribution in [0.3, 0.4) is 0 Å². The highest BCUT2D eigenvalue weighted by molar-refractivity contribution is 5.15. The Morgan fingerprint density at radius 3 is 2.58 bits per heavy atom. The molecule has 6 atom stereocenters. The topological polar surface area (TPSA) is 0 Å². The first kappa shape index (κ1) is 13.7. The average Bonchev–Trinajstić information content (AvgIpc) is 2.39. The quantitative estimate of drug-likeness (QED) is 0.548. The molecule has 0 heterocycles. The van der Waals surface area contributed by atoms with Gasteiger partial charge in [0.1, 0.15) is 0 Å².